The monoisotopic (exact) mass is 409 g/mol. The molecule has 0 aromatic heterocycles. The lowest BCUT2D eigenvalue weighted by molar-refractivity contribution is 0.104. The summed E-state index contributed by atoms with van der Waals surface area (Å²) in [5.74, 6) is -0.543. The number of sulfone groups is 1. The van der Waals surface area contributed by atoms with E-state index in [1.165, 1.54) is 12.3 Å². The molecule has 0 saturated heterocycles. The van der Waals surface area contributed by atoms with Gasteiger partial charge < -0.3 is 4.90 Å². The van der Waals surface area contributed by atoms with Crippen molar-refractivity contribution in [2.24, 2.45) is 0 Å². The molecular weight excluding hydrogens is 394 g/mol. The van der Waals surface area contributed by atoms with E-state index in [1.807, 2.05) is 19.1 Å². The summed E-state index contributed by atoms with van der Waals surface area (Å²) >= 11 is 6.28. The maximum atomic E-state index is 13.2. The molecule has 0 bridgehead atoms. The smallest absolute Gasteiger partial charge is 0.214 e. The third-order valence-electron chi connectivity index (χ3n) is 4.64. The zero-order chi connectivity index (χ0) is 19.9. The topological polar surface area (TPSA) is 54.5 Å². The van der Waals surface area contributed by atoms with Gasteiger partial charge >= 0.3 is 0 Å². The number of carbonyl (C=O) groups excluding carboxylic acids is 1. The van der Waals surface area contributed by atoms with Crippen LogP contribution in [0.5, 0.6) is 0 Å². The fourth-order valence-corrected chi connectivity index (χ4v) is 4.83. The Labute approximate surface area is 168 Å². The van der Waals surface area contributed by atoms with Crippen molar-refractivity contribution in [2.45, 2.75) is 11.8 Å². The van der Waals surface area contributed by atoms with Gasteiger partial charge in [0.15, 0.2) is 0 Å². The number of hydrogen-bond acceptors (Lipinski definition) is 4. The average Bonchev–Trinajstić information content (AvgIpc) is 2.71. The lowest BCUT2D eigenvalue weighted by Gasteiger charge is -2.29. The summed E-state index contributed by atoms with van der Waals surface area (Å²) < 4.78 is 26.4. The van der Waals surface area contributed by atoms with Crippen molar-refractivity contribution in [2.75, 3.05) is 4.90 Å². The van der Waals surface area contributed by atoms with Crippen molar-refractivity contribution >= 4 is 38.6 Å². The summed E-state index contributed by atoms with van der Waals surface area (Å²) in [5, 5.41) is 0.563. The number of ketones is 1. The van der Waals surface area contributed by atoms with Crippen molar-refractivity contribution < 1.29 is 13.2 Å². The third kappa shape index (κ3) is 3.03. The Morgan fingerprint density at radius 1 is 0.929 bits per heavy atom. The second-order valence-corrected chi connectivity index (χ2v) is 8.76. The fraction of sp³-hybridized carbons (Fsp3) is 0.0455. The molecule has 0 fully saturated rings. The van der Waals surface area contributed by atoms with E-state index < -0.39 is 15.6 Å². The Morgan fingerprint density at radius 3 is 2.32 bits per heavy atom. The van der Waals surface area contributed by atoms with Crippen LogP contribution < -0.4 is 4.90 Å². The number of para-hydroxylation sites is 1. The molecule has 0 aliphatic carbocycles. The van der Waals surface area contributed by atoms with Crippen LogP contribution in [0.25, 0.3) is 0 Å². The van der Waals surface area contributed by atoms with Crippen LogP contribution in [0.3, 0.4) is 0 Å². The first kappa shape index (κ1) is 18.5. The Balaban J connectivity index is 1.94. The number of carbonyl (C=O) groups is 1. The van der Waals surface area contributed by atoms with Gasteiger partial charge in [0.25, 0.3) is 0 Å². The van der Waals surface area contributed by atoms with Crippen LogP contribution >= 0.6 is 11.6 Å². The number of fused-ring (bicyclic) bond motifs is 1. The summed E-state index contributed by atoms with van der Waals surface area (Å²) in [6.07, 6.45) is 1.38. The number of rotatable bonds is 3. The number of nitrogens with zero attached hydrogens (tertiary/aromatic N) is 1. The van der Waals surface area contributed by atoms with E-state index in [4.69, 9.17) is 11.6 Å². The van der Waals surface area contributed by atoms with Gasteiger partial charge in [-0.2, -0.15) is 0 Å². The second kappa shape index (κ2) is 6.93. The molecule has 3 aromatic rings. The normalized spacial score (nSPS) is 14.9. The molecule has 6 heteroatoms. The van der Waals surface area contributed by atoms with Gasteiger partial charge in [0.2, 0.25) is 15.6 Å². The molecule has 28 heavy (non-hydrogen) atoms. The summed E-state index contributed by atoms with van der Waals surface area (Å²) in [6.45, 7) is 1.89. The van der Waals surface area contributed by atoms with E-state index in [-0.39, 0.29) is 9.80 Å². The maximum absolute atomic E-state index is 13.2. The molecule has 1 aliphatic heterocycles. The number of allylic oxidation sites excluding steroid dienone is 1. The highest BCUT2D eigenvalue weighted by atomic mass is 35.5. The molecule has 4 nitrogen and oxygen atoms in total. The van der Waals surface area contributed by atoms with Crippen LogP contribution in [-0.2, 0) is 9.84 Å². The van der Waals surface area contributed by atoms with Crippen molar-refractivity contribution in [1.29, 1.82) is 0 Å². The SMILES string of the molecule is Cc1ccc(N2C=C(C(=O)c3ccccc3)S(=O)(=O)c3ccccc32)cc1Cl. The van der Waals surface area contributed by atoms with Crippen LogP contribution in [0.1, 0.15) is 15.9 Å². The molecule has 0 spiro atoms. The molecule has 3 aromatic carbocycles. The van der Waals surface area contributed by atoms with Crippen LogP contribution in [0, 0.1) is 6.92 Å². The summed E-state index contributed by atoms with van der Waals surface area (Å²) in [7, 11) is -3.95. The molecule has 0 atom stereocenters. The quantitative estimate of drug-likeness (QED) is 0.551. The predicted octanol–water partition coefficient (Wildman–Crippen LogP) is 5.30. The largest absolute Gasteiger partial charge is 0.314 e. The van der Waals surface area contributed by atoms with E-state index in [1.54, 1.807) is 59.5 Å². The average molecular weight is 410 g/mol. The lowest BCUT2D eigenvalue weighted by Crippen LogP contribution is -2.25. The first-order valence-electron chi connectivity index (χ1n) is 8.60. The van der Waals surface area contributed by atoms with E-state index in [0.29, 0.717) is 22.0 Å². The van der Waals surface area contributed by atoms with Crippen molar-refractivity contribution in [1.82, 2.24) is 0 Å². The van der Waals surface area contributed by atoms with Gasteiger partial charge in [0.1, 0.15) is 4.91 Å². The van der Waals surface area contributed by atoms with E-state index >= 15 is 0 Å². The van der Waals surface area contributed by atoms with Gasteiger partial charge in [-0.3, -0.25) is 4.79 Å². The Hall–Kier alpha value is -2.89. The van der Waals surface area contributed by atoms with Crippen molar-refractivity contribution in [3.8, 4) is 0 Å². The van der Waals surface area contributed by atoms with Gasteiger partial charge in [-0.15, -0.1) is 0 Å². The molecule has 4 rings (SSSR count). The maximum Gasteiger partial charge on any atom is 0.214 e. The number of aryl methyl sites for hydroxylation is 1. The highest BCUT2D eigenvalue weighted by molar-refractivity contribution is 7.96. The van der Waals surface area contributed by atoms with Crippen LogP contribution in [0.4, 0.5) is 11.4 Å². The molecule has 0 unspecified atom stereocenters. The third-order valence-corrected chi connectivity index (χ3v) is 6.84. The molecule has 0 N–H and O–H groups in total. The minimum Gasteiger partial charge on any atom is -0.314 e. The first-order valence-corrected chi connectivity index (χ1v) is 10.5. The number of Topliss-reactive ketones (excluding diaryl/α,β-unsaturated/α-hetero) is 1. The fourth-order valence-electron chi connectivity index (χ4n) is 3.12. The molecule has 1 aliphatic rings. The number of anilines is 2. The van der Waals surface area contributed by atoms with Crippen molar-refractivity contribution in [3.05, 3.63) is 100 Å². The van der Waals surface area contributed by atoms with E-state index in [2.05, 4.69) is 0 Å². The predicted molar refractivity (Wildman–Crippen MR) is 111 cm³/mol. The van der Waals surface area contributed by atoms with Crippen LogP contribution in [-0.4, -0.2) is 14.2 Å². The molecule has 0 radical (unpaired) electrons. The number of hydrogen-bond donors (Lipinski definition) is 0. The van der Waals surface area contributed by atoms with Crippen molar-refractivity contribution in [3.63, 3.8) is 0 Å². The Kier molecular flexibility index (Phi) is 4.57. The van der Waals surface area contributed by atoms with E-state index in [0.717, 1.165) is 5.56 Å². The van der Waals surface area contributed by atoms with Gasteiger partial charge in [0.05, 0.1) is 10.6 Å². The number of benzene rings is 3. The van der Waals surface area contributed by atoms with Gasteiger partial charge in [-0.1, -0.05) is 60.1 Å². The summed E-state index contributed by atoms with van der Waals surface area (Å²) in [4.78, 5) is 14.5. The molecule has 0 amide bonds. The van der Waals surface area contributed by atoms with E-state index in [9.17, 15) is 13.2 Å². The Morgan fingerprint density at radius 2 is 1.61 bits per heavy atom. The zero-order valence-electron chi connectivity index (χ0n) is 15.0. The minimum atomic E-state index is -3.95. The van der Waals surface area contributed by atoms with Crippen LogP contribution in [0.15, 0.2) is 88.8 Å². The Bertz CT molecular complexity index is 1220. The summed E-state index contributed by atoms with van der Waals surface area (Å²) in [6, 6.07) is 20.5. The summed E-state index contributed by atoms with van der Waals surface area (Å²) in [5.41, 5.74) is 2.38. The molecule has 1 heterocycles. The molecular formula is C22H16ClNO3S. The van der Waals surface area contributed by atoms with Gasteiger partial charge in [-0.25, -0.2) is 8.42 Å². The lowest BCUT2D eigenvalue weighted by atomic mass is 10.1. The highest BCUT2D eigenvalue weighted by Gasteiger charge is 2.36. The first-order chi connectivity index (χ1) is 13.4. The van der Waals surface area contributed by atoms with Gasteiger partial charge in [-0.05, 0) is 36.8 Å². The minimum absolute atomic E-state index is 0.0912. The molecule has 0 saturated carbocycles. The zero-order valence-corrected chi connectivity index (χ0v) is 16.5. The highest BCUT2D eigenvalue weighted by Crippen LogP contribution is 2.41. The number of halogens is 1. The standard InChI is InChI=1S/C22H16ClNO3S/c1-15-11-12-17(13-18(15)23)24-14-21(22(25)16-7-3-2-4-8-16)28(26,27)20-10-6-5-9-19(20)24/h2-14H,1H3. The second-order valence-electron chi connectivity index (χ2n) is 6.46. The molecule has 140 valence electrons. The van der Waals surface area contributed by atoms with Crippen LogP contribution in [0.2, 0.25) is 5.02 Å². The van der Waals surface area contributed by atoms with Gasteiger partial charge in [0, 0.05) is 22.5 Å².